The van der Waals surface area contributed by atoms with Gasteiger partial charge in [-0.2, -0.15) is 5.26 Å². The molecule has 3 rings (SSSR count). The third kappa shape index (κ3) is 2.12. The van der Waals surface area contributed by atoms with Crippen LogP contribution in [0.4, 0.5) is 0 Å². The van der Waals surface area contributed by atoms with Crippen LogP contribution in [0.1, 0.15) is 29.3 Å². The average molecular weight is 286 g/mol. The number of aromatic nitrogens is 1. The molecule has 102 valence electrons. The van der Waals surface area contributed by atoms with Crippen molar-refractivity contribution in [3.8, 4) is 28.1 Å². The van der Waals surface area contributed by atoms with Gasteiger partial charge >= 0.3 is 0 Å². The standard InChI is InChI=1S/C15H14N2O2S/c1-18-11-5-3-4-10(14(11)19-2)15-17-13(9-6-7-9)12(8-16)20-15/h3-5,9H,6-7H2,1-2H3. The summed E-state index contributed by atoms with van der Waals surface area (Å²) in [5.41, 5.74) is 1.82. The lowest BCUT2D eigenvalue weighted by Gasteiger charge is -2.10. The minimum Gasteiger partial charge on any atom is -0.493 e. The zero-order valence-corrected chi connectivity index (χ0v) is 12.2. The molecule has 0 aliphatic heterocycles. The van der Waals surface area contributed by atoms with E-state index < -0.39 is 0 Å². The Morgan fingerprint density at radius 1 is 1.30 bits per heavy atom. The van der Waals surface area contributed by atoms with E-state index in [2.05, 4.69) is 11.1 Å². The van der Waals surface area contributed by atoms with Crippen LogP contribution in [0.25, 0.3) is 10.6 Å². The maximum Gasteiger partial charge on any atom is 0.170 e. The maximum atomic E-state index is 9.25. The van der Waals surface area contributed by atoms with Gasteiger partial charge in [-0.05, 0) is 25.0 Å². The normalized spacial score (nSPS) is 13.8. The number of ether oxygens (including phenoxy) is 2. The van der Waals surface area contributed by atoms with Crippen LogP contribution < -0.4 is 9.47 Å². The molecule has 1 aliphatic carbocycles. The topological polar surface area (TPSA) is 55.1 Å². The van der Waals surface area contributed by atoms with E-state index in [0.717, 1.165) is 29.1 Å². The van der Waals surface area contributed by atoms with Crippen molar-refractivity contribution in [2.24, 2.45) is 0 Å². The van der Waals surface area contributed by atoms with Gasteiger partial charge < -0.3 is 9.47 Å². The second-order valence-electron chi connectivity index (χ2n) is 4.66. The van der Waals surface area contributed by atoms with Crippen molar-refractivity contribution < 1.29 is 9.47 Å². The highest BCUT2D eigenvalue weighted by molar-refractivity contribution is 7.15. The Morgan fingerprint density at radius 3 is 2.70 bits per heavy atom. The number of hydrogen-bond acceptors (Lipinski definition) is 5. The Balaban J connectivity index is 2.11. The summed E-state index contributed by atoms with van der Waals surface area (Å²) in [7, 11) is 3.22. The van der Waals surface area contributed by atoms with Crippen molar-refractivity contribution in [3.05, 3.63) is 28.8 Å². The van der Waals surface area contributed by atoms with Gasteiger partial charge in [0.1, 0.15) is 16.0 Å². The average Bonchev–Trinajstić information content (AvgIpc) is 3.25. The van der Waals surface area contributed by atoms with E-state index in [9.17, 15) is 5.26 Å². The summed E-state index contributed by atoms with van der Waals surface area (Å²) in [6, 6.07) is 7.95. The Labute approximate surface area is 121 Å². The Bertz CT molecular complexity index is 684. The number of hydrogen-bond donors (Lipinski definition) is 0. The van der Waals surface area contributed by atoms with Gasteiger partial charge in [-0.25, -0.2) is 4.98 Å². The minimum absolute atomic E-state index is 0.464. The first-order chi connectivity index (χ1) is 9.78. The summed E-state index contributed by atoms with van der Waals surface area (Å²) in [6.45, 7) is 0. The SMILES string of the molecule is COc1cccc(-c2nc(C3CC3)c(C#N)s2)c1OC. The predicted octanol–water partition coefficient (Wildman–Crippen LogP) is 3.58. The molecular formula is C15H14N2O2S. The smallest absolute Gasteiger partial charge is 0.170 e. The highest BCUT2D eigenvalue weighted by Gasteiger charge is 2.30. The molecule has 0 N–H and O–H groups in total. The zero-order chi connectivity index (χ0) is 14.1. The highest BCUT2D eigenvalue weighted by atomic mass is 32.1. The molecule has 0 saturated heterocycles. The van der Waals surface area contributed by atoms with E-state index in [1.807, 2.05) is 18.2 Å². The van der Waals surface area contributed by atoms with E-state index in [1.165, 1.54) is 11.3 Å². The summed E-state index contributed by atoms with van der Waals surface area (Å²) >= 11 is 1.42. The van der Waals surface area contributed by atoms with E-state index in [4.69, 9.17) is 9.47 Å². The van der Waals surface area contributed by atoms with E-state index >= 15 is 0 Å². The van der Waals surface area contributed by atoms with Crippen LogP contribution >= 0.6 is 11.3 Å². The summed E-state index contributed by atoms with van der Waals surface area (Å²) in [4.78, 5) is 5.37. The maximum absolute atomic E-state index is 9.25. The number of thiazole rings is 1. The van der Waals surface area contributed by atoms with Gasteiger partial charge in [-0.1, -0.05) is 6.07 Å². The number of nitriles is 1. The number of benzene rings is 1. The molecule has 0 amide bonds. The Morgan fingerprint density at radius 2 is 2.10 bits per heavy atom. The van der Waals surface area contributed by atoms with Crippen molar-refractivity contribution in [3.63, 3.8) is 0 Å². The summed E-state index contributed by atoms with van der Waals surface area (Å²) in [6.07, 6.45) is 2.26. The first-order valence-electron chi connectivity index (χ1n) is 6.40. The molecule has 1 aromatic carbocycles. The fourth-order valence-electron chi connectivity index (χ4n) is 2.22. The fourth-order valence-corrected chi connectivity index (χ4v) is 3.19. The zero-order valence-electron chi connectivity index (χ0n) is 11.3. The van der Waals surface area contributed by atoms with Gasteiger partial charge in [0.05, 0.1) is 25.5 Å². The molecule has 0 unspecified atom stereocenters. The van der Waals surface area contributed by atoms with Crippen molar-refractivity contribution >= 4 is 11.3 Å². The molecule has 0 spiro atoms. The molecule has 4 nitrogen and oxygen atoms in total. The molecular weight excluding hydrogens is 272 g/mol. The molecule has 1 saturated carbocycles. The molecule has 0 radical (unpaired) electrons. The predicted molar refractivity (Wildman–Crippen MR) is 77.3 cm³/mol. The van der Waals surface area contributed by atoms with Crippen LogP contribution in [0, 0.1) is 11.3 Å². The van der Waals surface area contributed by atoms with Crippen LogP contribution in [0.2, 0.25) is 0 Å². The van der Waals surface area contributed by atoms with Gasteiger partial charge in [0.2, 0.25) is 0 Å². The van der Waals surface area contributed by atoms with E-state index in [-0.39, 0.29) is 0 Å². The number of methoxy groups -OCH3 is 2. The van der Waals surface area contributed by atoms with Crippen molar-refractivity contribution in [1.29, 1.82) is 5.26 Å². The molecule has 1 aliphatic rings. The minimum atomic E-state index is 0.464. The highest BCUT2D eigenvalue weighted by Crippen LogP contribution is 2.46. The van der Waals surface area contributed by atoms with Crippen molar-refractivity contribution in [2.45, 2.75) is 18.8 Å². The van der Waals surface area contributed by atoms with Gasteiger partial charge in [-0.3, -0.25) is 0 Å². The van der Waals surface area contributed by atoms with Gasteiger partial charge in [0.15, 0.2) is 11.5 Å². The lowest BCUT2D eigenvalue weighted by molar-refractivity contribution is 0.356. The Kier molecular flexibility index (Phi) is 3.33. The molecule has 2 aromatic rings. The third-order valence-electron chi connectivity index (χ3n) is 3.35. The molecule has 1 aromatic heterocycles. The molecule has 20 heavy (non-hydrogen) atoms. The van der Waals surface area contributed by atoms with E-state index in [1.54, 1.807) is 14.2 Å². The number of nitrogens with zero attached hydrogens (tertiary/aromatic N) is 2. The summed E-state index contributed by atoms with van der Waals surface area (Å²) in [5.74, 6) is 1.80. The van der Waals surface area contributed by atoms with Crippen LogP contribution in [-0.2, 0) is 0 Å². The van der Waals surface area contributed by atoms with E-state index in [0.29, 0.717) is 22.3 Å². The molecule has 0 bridgehead atoms. The fraction of sp³-hybridized carbons (Fsp3) is 0.333. The lowest BCUT2D eigenvalue weighted by atomic mass is 10.2. The van der Waals surface area contributed by atoms with Gasteiger partial charge in [-0.15, -0.1) is 11.3 Å². The monoisotopic (exact) mass is 286 g/mol. The van der Waals surface area contributed by atoms with Gasteiger partial charge in [0.25, 0.3) is 0 Å². The van der Waals surface area contributed by atoms with Crippen LogP contribution in [0.5, 0.6) is 11.5 Å². The second kappa shape index (κ2) is 5.14. The van der Waals surface area contributed by atoms with Crippen molar-refractivity contribution in [2.75, 3.05) is 14.2 Å². The third-order valence-corrected chi connectivity index (χ3v) is 4.36. The van der Waals surface area contributed by atoms with Crippen LogP contribution in [-0.4, -0.2) is 19.2 Å². The quantitative estimate of drug-likeness (QED) is 0.862. The first kappa shape index (κ1) is 12.9. The molecule has 5 heteroatoms. The Hall–Kier alpha value is -2.06. The second-order valence-corrected chi connectivity index (χ2v) is 5.66. The van der Waals surface area contributed by atoms with Gasteiger partial charge in [0, 0.05) is 5.92 Å². The molecule has 0 atom stereocenters. The largest absolute Gasteiger partial charge is 0.493 e. The molecule has 1 heterocycles. The summed E-state index contributed by atoms with van der Waals surface area (Å²) in [5, 5.41) is 10.1. The number of para-hydroxylation sites is 1. The number of rotatable bonds is 4. The lowest BCUT2D eigenvalue weighted by Crippen LogP contribution is -1.93. The van der Waals surface area contributed by atoms with Crippen LogP contribution in [0.3, 0.4) is 0 Å². The van der Waals surface area contributed by atoms with Crippen LogP contribution in [0.15, 0.2) is 18.2 Å². The first-order valence-corrected chi connectivity index (χ1v) is 7.22. The van der Waals surface area contributed by atoms with Crippen molar-refractivity contribution in [1.82, 2.24) is 4.98 Å². The summed E-state index contributed by atoms with van der Waals surface area (Å²) < 4.78 is 10.7. The molecule has 1 fully saturated rings.